The van der Waals surface area contributed by atoms with Crippen molar-refractivity contribution in [3.05, 3.63) is 64.2 Å². The lowest BCUT2D eigenvalue weighted by molar-refractivity contribution is -0.384. The molecule has 0 aliphatic heterocycles. The zero-order valence-electron chi connectivity index (χ0n) is 15.1. The molecule has 0 bridgehead atoms. The van der Waals surface area contributed by atoms with Crippen molar-refractivity contribution < 1.29 is 22.9 Å². The molecule has 0 saturated carbocycles. The molecule has 0 aromatic heterocycles. The van der Waals surface area contributed by atoms with E-state index in [1.165, 1.54) is 36.4 Å². The highest BCUT2D eigenvalue weighted by Crippen LogP contribution is 2.19. The van der Waals surface area contributed by atoms with Crippen LogP contribution in [0.15, 0.2) is 53.4 Å². The van der Waals surface area contributed by atoms with Crippen molar-refractivity contribution >= 4 is 21.7 Å². The van der Waals surface area contributed by atoms with E-state index in [9.17, 15) is 23.3 Å². The molecule has 0 saturated heterocycles. The first-order valence-electron chi connectivity index (χ1n) is 8.15. The molecule has 2 rings (SSSR count). The minimum absolute atomic E-state index is 0.0434. The lowest BCUT2D eigenvalue weighted by atomic mass is 10.1. The quantitative estimate of drug-likeness (QED) is 0.335. The molecule has 0 heterocycles. The SMILES string of the molecule is Cc1ccc(S(=O)(=O)N[C@@H](C(=O)Oc2ccc([N+](=O)[O-])cc2)C(C)C)cc1. The highest BCUT2D eigenvalue weighted by atomic mass is 32.2. The number of benzene rings is 2. The van der Waals surface area contributed by atoms with E-state index in [1.54, 1.807) is 26.0 Å². The van der Waals surface area contributed by atoms with Gasteiger partial charge in [-0.15, -0.1) is 0 Å². The third-order valence-corrected chi connectivity index (χ3v) is 5.26. The Morgan fingerprint density at radius 2 is 1.63 bits per heavy atom. The summed E-state index contributed by atoms with van der Waals surface area (Å²) < 4.78 is 32.6. The van der Waals surface area contributed by atoms with Crippen LogP contribution in [0.5, 0.6) is 5.75 Å². The van der Waals surface area contributed by atoms with Gasteiger partial charge in [0.1, 0.15) is 11.8 Å². The number of carbonyl (C=O) groups excluding carboxylic acids is 1. The van der Waals surface area contributed by atoms with Crippen molar-refractivity contribution in [1.82, 2.24) is 4.72 Å². The molecule has 0 fully saturated rings. The number of non-ortho nitro benzene ring substituents is 1. The lowest BCUT2D eigenvalue weighted by Gasteiger charge is -2.20. The molecule has 0 radical (unpaired) electrons. The molecule has 2 aromatic rings. The van der Waals surface area contributed by atoms with Crippen LogP contribution in [-0.2, 0) is 14.8 Å². The molecule has 0 aliphatic rings. The van der Waals surface area contributed by atoms with Gasteiger partial charge in [0, 0.05) is 12.1 Å². The molecule has 27 heavy (non-hydrogen) atoms. The molecule has 9 heteroatoms. The number of hydrogen-bond donors (Lipinski definition) is 1. The number of rotatable bonds is 7. The van der Waals surface area contributed by atoms with Gasteiger partial charge in [-0.3, -0.25) is 10.1 Å². The van der Waals surface area contributed by atoms with Gasteiger partial charge >= 0.3 is 5.97 Å². The van der Waals surface area contributed by atoms with Gasteiger partial charge in [-0.25, -0.2) is 13.2 Å². The average Bonchev–Trinajstić information content (AvgIpc) is 2.60. The number of nitrogens with one attached hydrogen (secondary N) is 1. The number of carbonyl (C=O) groups is 1. The van der Waals surface area contributed by atoms with Crippen molar-refractivity contribution in [2.24, 2.45) is 5.92 Å². The van der Waals surface area contributed by atoms with Gasteiger partial charge in [-0.2, -0.15) is 4.72 Å². The summed E-state index contributed by atoms with van der Waals surface area (Å²) in [7, 11) is -3.92. The monoisotopic (exact) mass is 392 g/mol. The van der Waals surface area contributed by atoms with Gasteiger partial charge in [0.05, 0.1) is 9.82 Å². The first-order chi connectivity index (χ1) is 12.6. The van der Waals surface area contributed by atoms with E-state index in [-0.39, 0.29) is 22.3 Å². The Morgan fingerprint density at radius 1 is 1.07 bits per heavy atom. The van der Waals surface area contributed by atoms with Gasteiger partial charge < -0.3 is 4.74 Å². The first-order valence-corrected chi connectivity index (χ1v) is 9.63. The Balaban J connectivity index is 2.17. The smallest absolute Gasteiger partial charge is 0.329 e. The van der Waals surface area contributed by atoms with E-state index in [1.807, 2.05) is 6.92 Å². The standard InChI is InChI=1S/C18H20N2O6S/c1-12(2)17(19-27(24,25)16-10-4-13(3)5-11-16)18(21)26-15-8-6-14(7-9-15)20(22)23/h4-12,17,19H,1-3H3/t17-/m1/s1. The lowest BCUT2D eigenvalue weighted by Crippen LogP contribution is -2.46. The van der Waals surface area contributed by atoms with Crippen LogP contribution in [0.25, 0.3) is 0 Å². The summed E-state index contributed by atoms with van der Waals surface area (Å²) in [5.74, 6) is -1.09. The zero-order valence-corrected chi connectivity index (χ0v) is 15.9. The van der Waals surface area contributed by atoms with Gasteiger partial charge in [-0.1, -0.05) is 31.5 Å². The second kappa shape index (κ2) is 8.28. The summed E-state index contributed by atoms with van der Waals surface area (Å²) >= 11 is 0. The highest BCUT2D eigenvalue weighted by Gasteiger charge is 2.30. The van der Waals surface area contributed by atoms with Crippen LogP contribution in [0.2, 0.25) is 0 Å². The van der Waals surface area contributed by atoms with E-state index < -0.39 is 27.0 Å². The highest BCUT2D eigenvalue weighted by molar-refractivity contribution is 7.89. The molecular formula is C18H20N2O6S. The third kappa shape index (κ3) is 5.35. The van der Waals surface area contributed by atoms with Crippen molar-refractivity contribution in [2.45, 2.75) is 31.7 Å². The van der Waals surface area contributed by atoms with E-state index in [2.05, 4.69) is 4.72 Å². The van der Waals surface area contributed by atoms with Crippen LogP contribution in [0.3, 0.4) is 0 Å². The van der Waals surface area contributed by atoms with E-state index in [0.717, 1.165) is 5.56 Å². The number of esters is 1. The minimum atomic E-state index is -3.92. The van der Waals surface area contributed by atoms with Crippen LogP contribution < -0.4 is 9.46 Å². The van der Waals surface area contributed by atoms with Crippen LogP contribution in [0.4, 0.5) is 5.69 Å². The van der Waals surface area contributed by atoms with Gasteiger partial charge in [0.2, 0.25) is 10.0 Å². The summed E-state index contributed by atoms with van der Waals surface area (Å²) in [6.45, 7) is 5.20. The molecule has 0 spiro atoms. The summed E-state index contributed by atoms with van der Waals surface area (Å²) in [6, 6.07) is 10.1. The number of nitrogens with zero attached hydrogens (tertiary/aromatic N) is 1. The summed E-state index contributed by atoms with van der Waals surface area (Å²) in [4.78, 5) is 22.6. The molecule has 0 amide bonds. The van der Waals surface area contributed by atoms with Crippen molar-refractivity contribution in [3.8, 4) is 5.75 Å². The van der Waals surface area contributed by atoms with Crippen LogP contribution >= 0.6 is 0 Å². The maximum absolute atomic E-state index is 12.5. The second-order valence-electron chi connectivity index (χ2n) is 6.33. The third-order valence-electron chi connectivity index (χ3n) is 3.80. The predicted octanol–water partition coefficient (Wildman–Crippen LogP) is 2.81. The molecule has 144 valence electrons. The Labute approximate surface area is 157 Å². The predicted molar refractivity (Wildman–Crippen MR) is 98.9 cm³/mol. The average molecular weight is 392 g/mol. The molecule has 2 aromatic carbocycles. The summed E-state index contributed by atoms with van der Waals surface area (Å²) in [5.41, 5.74) is 0.766. The van der Waals surface area contributed by atoms with Gasteiger partial charge in [0.25, 0.3) is 5.69 Å². The molecule has 8 nitrogen and oxygen atoms in total. The van der Waals surface area contributed by atoms with Gasteiger partial charge in [-0.05, 0) is 37.1 Å². The Hall–Kier alpha value is -2.78. The summed E-state index contributed by atoms with van der Waals surface area (Å²) in [5, 5.41) is 10.7. The number of hydrogen-bond acceptors (Lipinski definition) is 6. The molecule has 1 N–H and O–H groups in total. The van der Waals surface area contributed by atoms with Gasteiger partial charge in [0.15, 0.2) is 0 Å². The Morgan fingerprint density at radius 3 is 2.11 bits per heavy atom. The van der Waals surface area contributed by atoms with E-state index in [4.69, 9.17) is 4.74 Å². The molecule has 1 atom stereocenters. The number of aryl methyl sites for hydroxylation is 1. The molecule has 0 unspecified atom stereocenters. The van der Waals surface area contributed by atoms with Crippen LogP contribution in [0, 0.1) is 23.0 Å². The maximum atomic E-state index is 12.5. The van der Waals surface area contributed by atoms with Crippen LogP contribution in [-0.4, -0.2) is 25.4 Å². The van der Waals surface area contributed by atoms with Crippen molar-refractivity contribution in [1.29, 1.82) is 0 Å². The first kappa shape index (κ1) is 20.5. The van der Waals surface area contributed by atoms with Crippen LogP contribution in [0.1, 0.15) is 19.4 Å². The zero-order chi connectivity index (χ0) is 20.2. The normalized spacial score (nSPS) is 12.6. The molecule has 0 aliphatic carbocycles. The van der Waals surface area contributed by atoms with E-state index in [0.29, 0.717) is 0 Å². The Kier molecular flexibility index (Phi) is 6.29. The maximum Gasteiger partial charge on any atom is 0.329 e. The summed E-state index contributed by atoms with van der Waals surface area (Å²) in [6.07, 6.45) is 0. The Bertz CT molecular complexity index is 921. The fraction of sp³-hybridized carbons (Fsp3) is 0.278. The van der Waals surface area contributed by atoms with Crippen molar-refractivity contribution in [3.63, 3.8) is 0 Å². The fourth-order valence-electron chi connectivity index (χ4n) is 2.22. The number of ether oxygens (including phenoxy) is 1. The topological polar surface area (TPSA) is 116 Å². The number of sulfonamides is 1. The second-order valence-corrected chi connectivity index (χ2v) is 8.04. The fourth-order valence-corrected chi connectivity index (χ4v) is 3.56. The minimum Gasteiger partial charge on any atom is -0.425 e. The largest absolute Gasteiger partial charge is 0.425 e. The number of nitro benzene ring substituents is 1. The number of nitro groups is 1. The van der Waals surface area contributed by atoms with Crippen molar-refractivity contribution in [2.75, 3.05) is 0 Å². The van der Waals surface area contributed by atoms with E-state index >= 15 is 0 Å². The molecular weight excluding hydrogens is 372 g/mol.